The number of nitrogens with one attached hydrogen (secondary N) is 1. The van der Waals surface area contributed by atoms with Crippen molar-refractivity contribution in [1.82, 2.24) is 24.3 Å². The second-order valence-corrected chi connectivity index (χ2v) is 10.3. The molecular formula is C27H41ClN8O3. The molecule has 1 saturated heterocycles. The molecule has 1 saturated carbocycles. The maximum Gasteiger partial charge on any atom is 0.354 e. The van der Waals surface area contributed by atoms with Crippen LogP contribution in [-0.2, 0) is 11.3 Å². The van der Waals surface area contributed by atoms with E-state index >= 15 is 0 Å². The van der Waals surface area contributed by atoms with Gasteiger partial charge in [-0.25, -0.2) is 9.59 Å². The molecule has 1 atom stereocenters. The summed E-state index contributed by atoms with van der Waals surface area (Å²) in [6, 6.07) is 9.53. The number of anilines is 1. The summed E-state index contributed by atoms with van der Waals surface area (Å²) in [5, 5.41) is 2.69. The van der Waals surface area contributed by atoms with Gasteiger partial charge in [0.1, 0.15) is 5.82 Å². The Labute approximate surface area is 235 Å². The van der Waals surface area contributed by atoms with Gasteiger partial charge in [0.2, 0.25) is 5.91 Å². The fourth-order valence-corrected chi connectivity index (χ4v) is 5.24. The van der Waals surface area contributed by atoms with Gasteiger partial charge in [0.15, 0.2) is 0 Å². The number of piperazine rings is 1. The van der Waals surface area contributed by atoms with Crippen LogP contribution in [0.2, 0.25) is 0 Å². The number of nitrogens with zero attached hydrogens (tertiary/aromatic N) is 5. The summed E-state index contributed by atoms with van der Waals surface area (Å²) in [6.07, 6.45) is 6.06. The summed E-state index contributed by atoms with van der Waals surface area (Å²) in [5.41, 5.74) is 13.2. The van der Waals surface area contributed by atoms with Crippen LogP contribution >= 0.6 is 12.4 Å². The smallest absolute Gasteiger partial charge is 0.338 e. The summed E-state index contributed by atoms with van der Waals surface area (Å²) in [6.45, 7) is 7.31. The van der Waals surface area contributed by atoms with Crippen molar-refractivity contribution < 1.29 is 9.59 Å². The lowest BCUT2D eigenvalue weighted by atomic mass is 9.90. The Morgan fingerprint density at radius 3 is 2.23 bits per heavy atom. The van der Waals surface area contributed by atoms with Crippen molar-refractivity contribution in [3.63, 3.8) is 0 Å². The fourth-order valence-electron chi connectivity index (χ4n) is 5.24. The number of urea groups is 1. The summed E-state index contributed by atoms with van der Waals surface area (Å²) in [4.78, 5) is 47.2. The van der Waals surface area contributed by atoms with Gasteiger partial charge in [0.25, 0.3) is 0 Å². The van der Waals surface area contributed by atoms with Gasteiger partial charge in [0, 0.05) is 51.0 Å². The second kappa shape index (κ2) is 13.9. The third kappa shape index (κ3) is 7.78. The van der Waals surface area contributed by atoms with Gasteiger partial charge in [-0.3, -0.25) is 19.6 Å². The van der Waals surface area contributed by atoms with Crippen LogP contribution in [0.4, 0.5) is 10.6 Å². The molecule has 5 N–H and O–H groups in total. The second-order valence-electron chi connectivity index (χ2n) is 10.3. The first-order chi connectivity index (χ1) is 18.2. The Morgan fingerprint density at radius 2 is 1.67 bits per heavy atom. The van der Waals surface area contributed by atoms with Gasteiger partial charge < -0.3 is 21.3 Å². The molecule has 1 aromatic carbocycles. The molecule has 0 unspecified atom stereocenters. The van der Waals surface area contributed by atoms with Gasteiger partial charge in [0.05, 0.1) is 11.7 Å². The molecule has 0 bridgehead atoms. The van der Waals surface area contributed by atoms with Crippen LogP contribution in [-0.4, -0.2) is 87.0 Å². The van der Waals surface area contributed by atoms with E-state index in [1.165, 1.54) is 10.1 Å². The molecule has 2 heterocycles. The zero-order valence-corrected chi connectivity index (χ0v) is 23.6. The van der Waals surface area contributed by atoms with E-state index in [2.05, 4.69) is 22.1 Å². The van der Waals surface area contributed by atoms with Crippen molar-refractivity contribution in [2.24, 2.45) is 11.5 Å². The van der Waals surface area contributed by atoms with E-state index in [0.29, 0.717) is 44.0 Å². The van der Waals surface area contributed by atoms with E-state index in [4.69, 9.17) is 11.5 Å². The molecule has 1 aromatic heterocycles. The maximum atomic E-state index is 12.7. The first-order valence-corrected chi connectivity index (χ1v) is 13.5. The van der Waals surface area contributed by atoms with Crippen LogP contribution in [0.5, 0.6) is 0 Å². The Hall–Kier alpha value is -2.99. The fraction of sp³-hybridized carbons (Fsp3) is 0.556. The predicted molar refractivity (Wildman–Crippen MR) is 154 cm³/mol. The van der Waals surface area contributed by atoms with Crippen LogP contribution in [0.15, 0.2) is 41.3 Å². The molecule has 2 aromatic rings. The number of rotatable bonds is 7. The highest BCUT2D eigenvalue weighted by atomic mass is 35.5. The van der Waals surface area contributed by atoms with E-state index in [-0.39, 0.29) is 30.2 Å². The minimum Gasteiger partial charge on any atom is -0.338 e. The molecule has 2 fully saturated rings. The predicted octanol–water partition coefficient (Wildman–Crippen LogP) is 1.77. The number of hydrogen-bond acceptors (Lipinski definition) is 7. The number of carbonyl (C=O) groups excluding carboxylic acids is 2. The van der Waals surface area contributed by atoms with Crippen LogP contribution < -0.4 is 22.5 Å². The molecule has 11 nitrogen and oxygen atoms in total. The Kier molecular flexibility index (Phi) is 10.9. The monoisotopic (exact) mass is 560 g/mol. The Morgan fingerprint density at radius 1 is 1.05 bits per heavy atom. The summed E-state index contributed by atoms with van der Waals surface area (Å²) >= 11 is 0. The summed E-state index contributed by atoms with van der Waals surface area (Å²) < 4.78 is 1.46. The van der Waals surface area contributed by atoms with E-state index in [1.54, 1.807) is 29.0 Å². The highest BCUT2D eigenvalue weighted by Gasteiger charge is 2.26. The Balaban J connectivity index is 0.00000420. The number of aromatic nitrogens is 2. The minimum atomic E-state index is -0.560. The van der Waals surface area contributed by atoms with Crippen molar-refractivity contribution >= 4 is 30.2 Å². The number of halogens is 1. The Bertz CT molecular complexity index is 1160. The van der Waals surface area contributed by atoms with Crippen LogP contribution in [0.25, 0.3) is 5.69 Å². The highest BCUT2D eigenvalue weighted by Crippen LogP contribution is 2.24. The van der Waals surface area contributed by atoms with E-state index in [0.717, 1.165) is 38.8 Å². The average molecular weight is 561 g/mol. The summed E-state index contributed by atoms with van der Waals surface area (Å²) in [5.74, 6) is 0.0632. The van der Waals surface area contributed by atoms with Crippen molar-refractivity contribution in [1.29, 1.82) is 0 Å². The van der Waals surface area contributed by atoms with Gasteiger partial charge in [-0.15, -0.1) is 12.4 Å². The molecule has 12 heteroatoms. The van der Waals surface area contributed by atoms with Gasteiger partial charge in [-0.1, -0.05) is 19.1 Å². The highest BCUT2D eigenvalue weighted by molar-refractivity contribution is 5.88. The lowest BCUT2D eigenvalue weighted by molar-refractivity contribution is -0.133. The third-order valence-corrected chi connectivity index (χ3v) is 7.57. The van der Waals surface area contributed by atoms with E-state index in [9.17, 15) is 14.4 Å². The minimum absolute atomic E-state index is 0. The lowest BCUT2D eigenvalue weighted by Crippen LogP contribution is -2.54. The molecular weight excluding hydrogens is 520 g/mol. The number of benzene rings is 1. The molecule has 3 amide bonds. The third-order valence-electron chi connectivity index (χ3n) is 7.57. The molecule has 39 heavy (non-hydrogen) atoms. The number of hydrogen-bond donors (Lipinski definition) is 3. The molecule has 0 spiro atoms. The van der Waals surface area contributed by atoms with Crippen molar-refractivity contribution in [3.05, 3.63) is 52.6 Å². The molecule has 214 valence electrons. The lowest BCUT2D eigenvalue weighted by Gasteiger charge is -2.35. The number of amides is 3. The van der Waals surface area contributed by atoms with Crippen LogP contribution in [0, 0.1) is 0 Å². The first-order valence-electron chi connectivity index (χ1n) is 13.5. The van der Waals surface area contributed by atoms with Gasteiger partial charge >= 0.3 is 11.7 Å². The quantitative estimate of drug-likeness (QED) is 0.468. The van der Waals surface area contributed by atoms with E-state index in [1.807, 2.05) is 24.3 Å². The van der Waals surface area contributed by atoms with Gasteiger partial charge in [-0.05, 0) is 62.9 Å². The zero-order chi connectivity index (χ0) is 27.2. The number of nitrogens with two attached hydrogens (primary N) is 2. The maximum absolute atomic E-state index is 12.7. The van der Waals surface area contributed by atoms with Crippen molar-refractivity contribution in [2.75, 3.05) is 38.0 Å². The molecule has 1 aliphatic carbocycles. The SMILES string of the molecule is CCN(Cc1ccc(-n2ccc(NC(=O)N3CCN(C(=O)[C@H](C)N)CC3)nc2=O)cc1)C1CCC(N)CC1.Cl. The van der Waals surface area contributed by atoms with Crippen LogP contribution in [0.3, 0.4) is 0 Å². The number of carbonyl (C=O) groups is 2. The summed E-state index contributed by atoms with van der Waals surface area (Å²) in [7, 11) is 0. The first kappa shape index (κ1) is 30.6. The zero-order valence-electron chi connectivity index (χ0n) is 22.8. The molecule has 0 radical (unpaired) electrons. The van der Waals surface area contributed by atoms with Gasteiger partial charge in [-0.2, -0.15) is 4.98 Å². The topological polar surface area (TPSA) is 143 Å². The normalized spacial score (nSPS) is 20.3. The largest absolute Gasteiger partial charge is 0.354 e. The molecule has 2 aliphatic rings. The molecule has 1 aliphatic heterocycles. The standard InChI is InChI=1S/C27H40N8O3.ClH/c1-3-32(22-10-6-21(29)7-11-22)18-20-4-8-23(9-5-20)35-13-12-24(31-27(35)38)30-26(37)34-16-14-33(15-17-34)25(36)19(2)28;/h4-5,8-9,12-13,19,21-22H,3,6-7,10-11,14-18,28-29H2,1-2H3,(H,30,31,37,38);1H/t19-,21?,22?;/m0./s1. The van der Waals surface area contributed by atoms with E-state index < -0.39 is 11.7 Å². The average Bonchev–Trinajstić information content (AvgIpc) is 2.92. The molecule has 4 rings (SSSR count). The van der Waals surface area contributed by atoms with Crippen molar-refractivity contribution in [2.45, 2.75) is 64.2 Å². The van der Waals surface area contributed by atoms with Crippen molar-refractivity contribution in [3.8, 4) is 5.69 Å². The van der Waals surface area contributed by atoms with Crippen LogP contribution in [0.1, 0.15) is 45.1 Å².